The minimum absolute atomic E-state index is 0.0960. The second kappa shape index (κ2) is 4.91. The van der Waals surface area contributed by atoms with Gasteiger partial charge in [0.15, 0.2) is 0 Å². The number of hydrogen-bond acceptors (Lipinski definition) is 2. The van der Waals surface area contributed by atoms with E-state index in [1.165, 1.54) is 0 Å². The highest BCUT2D eigenvalue weighted by atomic mass is 15.2. The van der Waals surface area contributed by atoms with E-state index in [0.29, 0.717) is 0 Å². The highest BCUT2D eigenvalue weighted by Crippen LogP contribution is 2.05. The summed E-state index contributed by atoms with van der Waals surface area (Å²) in [5.74, 6) is 0. The van der Waals surface area contributed by atoms with Gasteiger partial charge in [0, 0.05) is 24.8 Å². The van der Waals surface area contributed by atoms with Crippen molar-refractivity contribution in [3.8, 4) is 0 Å². The third kappa shape index (κ3) is 3.18. The zero-order valence-electron chi connectivity index (χ0n) is 7.70. The maximum absolute atomic E-state index is 5.57. The van der Waals surface area contributed by atoms with Crippen molar-refractivity contribution in [1.29, 1.82) is 0 Å². The summed E-state index contributed by atoms with van der Waals surface area (Å²) in [6, 6.07) is 0.0960. The van der Waals surface area contributed by atoms with Gasteiger partial charge in [-0.15, -0.1) is 0 Å². The minimum atomic E-state index is 0.0960. The van der Waals surface area contributed by atoms with Crippen LogP contribution in [0.3, 0.4) is 0 Å². The molecule has 1 aromatic rings. The van der Waals surface area contributed by atoms with Gasteiger partial charge in [-0.1, -0.05) is 13.8 Å². The molecule has 0 aliphatic rings. The van der Waals surface area contributed by atoms with Gasteiger partial charge in [0.25, 0.3) is 0 Å². The van der Waals surface area contributed by atoms with Crippen molar-refractivity contribution in [3.63, 3.8) is 0 Å². The first-order chi connectivity index (χ1) is 5.20. The topological polar surface area (TPSA) is 43.8 Å². The highest BCUT2D eigenvalue weighted by molar-refractivity contribution is 5.07. The quantitative estimate of drug-likeness (QED) is 0.667. The molecule has 1 rings (SSSR count). The van der Waals surface area contributed by atoms with Crippen LogP contribution >= 0.6 is 0 Å². The number of nitrogens with zero attached hydrogens (tertiary/aromatic N) is 2. The lowest BCUT2D eigenvalue weighted by molar-refractivity contribution is 0.762. The highest BCUT2D eigenvalue weighted by Gasteiger charge is 1.98. The smallest absolute Gasteiger partial charge is 0.0537 e. The van der Waals surface area contributed by atoms with E-state index in [2.05, 4.69) is 5.10 Å². The van der Waals surface area contributed by atoms with Gasteiger partial charge in [-0.2, -0.15) is 5.10 Å². The van der Waals surface area contributed by atoms with E-state index >= 15 is 0 Å². The standard InChI is InChI=1S/C6H11N3.C2H6/c1-5(7)6-3-8-9(2)4-6;1-2/h3-5H,7H2,1-2H3;1-2H3. The number of aromatic nitrogens is 2. The molecule has 1 unspecified atom stereocenters. The molecule has 2 N–H and O–H groups in total. The molecule has 0 amide bonds. The number of aryl methyl sites for hydroxylation is 1. The van der Waals surface area contributed by atoms with E-state index in [0.717, 1.165) is 5.56 Å². The van der Waals surface area contributed by atoms with E-state index in [1.807, 2.05) is 34.0 Å². The molecular formula is C8H17N3. The van der Waals surface area contributed by atoms with Gasteiger partial charge >= 0.3 is 0 Å². The van der Waals surface area contributed by atoms with Crippen LogP contribution in [0.4, 0.5) is 0 Å². The first-order valence-electron chi connectivity index (χ1n) is 3.94. The van der Waals surface area contributed by atoms with E-state index < -0.39 is 0 Å². The Balaban J connectivity index is 0.000000461. The lowest BCUT2D eigenvalue weighted by atomic mass is 10.2. The Morgan fingerprint density at radius 2 is 2.09 bits per heavy atom. The van der Waals surface area contributed by atoms with Crippen molar-refractivity contribution in [3.05, 3.63) is 18.0 Å². The zero-order valence-corrected chi connectivity index (χ0v) is 7.70. The summed E-state index contributed by atoms with van der Waals surface area (Å²) >= 11 is 0. The van der Waals surface area contributed by atoms with E-state index in [9.17, 15) is 0 Å². The van der Waals surface area contributed by atoms with Gasteiger partial charge in [0.05, 0.1) is 6.20 Å². The van der Waals surface area contributed by atoms with Crippen LogP contribution in [0.5, 0.6) is 0 Å². The van der Waals surface area contributed by atoms with Crippen molar-refractivity contribution >= 4 is 0 Å². The summed E-state index contributed by atoms with van der Waals surface area (Å²) in [4.78, 5) is 0. The Morgan fingerprint density at radius 3 is 2.27 bits per heavy atom. The summed E-state index contributed by atoms with van der Waals surface area (Å²) in [6.07, 6.45) is 3.70. The van der Waals surface area contributed by atoms with Gasteiger partial charge in [-0.05, 0) is 6.92 Å². The van der Waals surface area contributed by atoms with Crippen LogP contribution in [0.15, 0.2) is 12.4 Å². The van der Waals surface area contributed by atoms with Crippen LogP contribution in [0.25, 0.3) is 0 Å². The Morgan fingerprint density at radius 1 is 1.55 bits per heavy atom. The number of nitrogens with two attached hydrogens (primary N) is 1. The number of hydrogen-bond donors (Lipinski definition) is 1. The van der Waals surface area contributed by atoms with E-state index in [-0.39, 0.29) is 6.04 Å². The van der Waals surface area contributed by atoms with Crippen LogP contribution in [-0.4, -0.2) is 9.78 Å². The molecule has 64 valence electrons. The van der Waals surface area contributed by atoms with Crippen molar-refractivity contribution in [2.75, 3.05) is 0 Å². The Hall–Kier alpha value is -0.830. The van der Waals surface area contributed by atoms with E-state index in [1.54, 1.807) is 10.9 Å². The molecule has 0 aromatic carbocycles. The zero-order chi connectivity index (χ0) is 8.85. The molecule has 3 heteroatoms. The van der Waals surface area contributed by atoms with Crippen LogP contribution in [0, 0.1) is 0 Å². The average Bonchev–Trinajstić information content (AvgIpc) is 2.40. The normalized spacial score (nSPS) is 11.7. The maximum atomic E-state index is 5.57. The molecule has 0 fully saturated rings. The molecule has 0 aliphatic heterocycles. The molecule has 11 heavy (non-hydrogen) atoms. The second-order valence-corrected chi connectivity index (χ2v) is 2.24. The Labute approximate surface area is 68.2 Å². The second-order valence-electron chi connectivity index (χ2n) is 2.24. The lowest BCUT2D eigenvalue weighted by Crippen LogP contribution is -2.03. The molecule has 0 radical (unpaired) electrons. The van der Waals surface area contributed by atoms with Crippen molar-refractivity contribution < 1.29 is 0 Å². The summed E-state index contributed by atoms with van der Waals surface area (Å²) < 4.78 is 1.75. The largest absolute Gasteiger partial charge is 0.324 e. The van der Waals surface area contributed by atoms with Gasteiger partial charge in [0.2, 0.25) is 0 Å². The predicted octanol–water partition coefficient (Wildman–Crippen LogP) is 1.47. The third-order valence-corrected chi connectivity index (χ3v) is 1.25. The van der Waals surface area contributed by atoms with Crippen LogP contribution in [-0.2, 0) is 7.05 Å². The van der Waals surface area contributed by atoms with Crippen LogP contribution in [0.2, 0.25) is 0 Å². The molecule has 1 aromatic heterocycles. The van der Waals surface area contributed by atoms with E-state index in [4.69, 9.17) is 5.73 Å². The summed E-state index contributed by atoms with van der Waals surface area (Å²) in [5, 5.41) is 3.97. The maximum Gasteiger partial charge on any atom is 0.0537 e. The molecular weight excluding hydrogens is 138 g/mol. The molecule has 0 saturated heterocycles. The first-order valence-corrected chi connectivity index (χ1v) is 3.94. The molecule has 1 heterocycles. The molecule has 3 nitrogen and oxygen atoms in total. The van der Waals surface area contributed by atoms with Crippen LogP contribution < -0.4 is 5.73 Å². The third-order valence-electron chi connectivity index (χ3n) is 1.25. The monoisotopic (exact) mass is 155 g/mol. The Kier molecular flexibility index (Phi) is 4.54. The minimum Gasteiger partial charge on any atom is -0.324 e. The summed E-state index contributed by atoms with van der Waals surface area (Å²) in [6.45, 7) is 5.94. The fourth-order valence-electron chi connectivity index (χ4n) is 0.675. The predicted molar refractivity (Wildman–Crippen MR) is 47.2 cm³/mol. The summed E-state index contributed by atoms with van der Waals surface area (Å²) in [7, 11) is 1.88. The molecule has 0 saturated carbocycles. The van der Waals surface area contributed by atoms with Crippen LogP contribution in [0.1, 0.15) is 32.4 Å². The molecule has 0 spiro atoms. The summed E-state index contributed by atoms with van der Waals surface area (Å²) in [5.41, 5.74) is 6.65. The lowest BCUT2D eigenvalue weighted by Gasteiger charge is -1.96. The van der Waals surface area contributed by atoms with Gasteiger partial charge < -0.3 is 5.73 Å². The fraction of sp³-hybridized carbons (Fsp3) is 0.625. The van der Waals surface area contributed by atoms with Crippen molar-refractivity contribution in [2.45, 2.75) is 26.8 Å². The molecule has 0 aliphatic carbocycles. The number of rotatable bonds is 1. The van der Waals surface area contributed by atoms with Gasteiger partial charge in [0.1, 0.15) is 0 Å². The SMILES string of the molecule is CC.CC(N)c1cnn(C)c1. The van der Waals surface area contributed by atoms with Crippen molar-refractivity contribution in [2.24, 2.45) is 12.8 Å². The molecule has 0 bridgehead atoms. The first kappa shape index (κ1) is 10.2. The molecule has 1 atom stereocenters. The van der Waals surface area contributed by atoms with Crippen molar-refractivity contribution in [1.82, 2.24) is 9.78 Å². The van der Waals surface area contributed by atoms with Gasteiger partial charge in [-0.3, -0.25) is 4.68 Å². The Bertz CT molecular complexity index is 191. The fourth-order valence-corrected chi connectivity index (χ4v) is 0.675. The average molecular weight is 155 g/mol. The van der Waals surface area contributed by atoms with Gasteiger partial charge in [-0.25, -0.2) is 0 Å².